The first-order chi connectivity index (χ1) is 14.0. The molecule has 0 saturated heterocycles. The third-order valence-electron chi connectivity index (χ3n) is 5.60. The van der Waals surface area contributed by atoms with Crippen LogP contribution < -0.4 is 10.1 Å². The molecule has 0 fully saturated rings. The summed E-state index contributed by atoms with van der Waals surface area (Å²) < 4.78 is 23.7. The zero-order valence-electron chi connectivity index (χ0n) is 16.5. The first-order valence-electron chi connectivity index (χ1n) is 9.53. The predicted octanol–water partition coefficient (Wildman–Crippen LogP) is 3.43. The molecule has 0 spiro atoms. The SMILES string of the molecule is Cc1nn(C)c(C)c1-c1cnc(NCc2c(F)ccc3c2CCO3)n2cncc12. The van der Waals surface area contributed by atoms with Crippen molar-refractivity contribution in [3.8, 4) is 16.9 Å². The van der Waals surface area contributed by atoms with Gasteiger partial charge in [0.1, 0.15) is 17.9 Å². The summed E-state index contributed by atoms with van der Waals surface area (Å²) in [6.45, 7) is 4.94. The Bertz CT molecular complexity index is 1240. The second-order valence-electron chi connectivity index (χ2n) is 7.27. The van der Waals surface area contributed by atoms with E-state index in [4.69, 9.17) is 4.74 Å². The van der Waals surface area contributed by atoms with Gasteiger partial charge in [0.2, 0.25) is 5.95 Å². The Morgan fingerprint density at radius 3 is 2.90 bits per heavy atom. The molecule has 1 aliphatic rings. The topological polar surface area (TPSA) is 69.3 Å². The van der Waals surface area contributed by atoms with Crippen LogP contribution >= 0.6 is 0 Å². The van der Waals surface area contributed by atoms with Gasteiger partial charge in [-0.2, -0.15) is 5.10 Å². The normalized spacial score (nSPS) is 13.0. The third kappa shape index (κ3) is 2.74. The van der Waals surface area contributed by atoms with Crippen LogP contribution in [-0.2, 0) is 20.0 Å². The Morgan fingerprint density at radius 1 is 1.24 bits per heavy atom. The fourth-order valence-corrected chi connectivity index (χ4v) is 4.08. The van der Waals surface area contributed by atoms with Crippen LogP contribution in [0.4, 0.5) is 10.3 Å². The van der Waals surface area contributed by atoms with E-state index in [9.17, 15) is 4.39 Å². The first-order valence-corrected chi connectivity index (χ1v) is 9.53. The fourth-order valence-electron chi connectivity index (χ4n) is 4.08. The number of fused-ring (bicyclic) bond motifs is 2. The lowest BCUT2D eigenvalue weighted by Gasteiger charge is -2.13. The number of hydrogen-bond donors (Lipinski definition) is 1. The zero-order valence-corrected chi connectivity index (χ0v) is 16.5. The van der Waals surface area contributed by atoms with E-state index >= 15 is 0 Å². The maximum absolute atomic E-state index is 14.4. The highest BCUT2D eigenvalue weighted by Gasteiger charge is 2.20. The summed E-state index contributed by atoms with van der Waals surface area (Å²) in [5.74, 6) is 1.14. The summed E-state index contributed by atoms with van der Waals surface area (Å²) in [6.07, 6.45) is 6.06. The summed E-state index contributed by atoms with van der Waals surface area (Å²) in [7, 11) is 1.93. The van der Waals surface area contributed by atoms with Crippen LogP contribution in [0.25, 0.3) is 16.6 Å². The van der Waals surface area contributed by atoms with Gasteiger partial charge >= 0.3 is 0 Å². The Hall–Kier alpha value is -3.42. The molecule has 3 aromatic heterocycles. The van der Waals surface area contributed by atoms with Crippen LogP contribution in [0.15, 0.2) is 30.9 Å². The maximum atomic E-state index is 14.4. The van der Waals surface area contributed by atoms with E-state index in [2.05, 4.69) is 20.4 Å². The van der Waals surface area contributed by atoms with Crippen molar-refractivity contribution in [3.63, 3.8) is 0 Å². The largest absolute Gasteiger partial charge is 0.493 e. The summed E-state index contributed by atoms with van der Waals surface area (Å²) in [4.78, 5) is 8.91. The molecule has 0 bridgehead atoms. The lowest BCUT2D eigenvalue weighted by atomic mass is 10.0. The van der Waals surface area contributed by atoms with Crippen LogP contribution in [0.5, 0.6) is 5.75 Å². The van der Waals surface area contributed by atoms with Gasteiger partial charge in [0.05, 0.1) is 24.0 Å². The Morgan fingerprint density at radius 2 is 2.10 bits per heavy atom. The van der Waals surface area contributed by atoms with Gasteiger partial charge in [-0.3, -0.25) is 9.08 Å². The van der Waals surface area contributed by atoms with E-state index in [0.29, 0.717) is 24.7 Å². The average molecular weight is 392 g/mol. The molecule has 4 heterocycles. The number of rotatable bonds is 4. The van der Waals surface area contributed by atoms with Gasteiger partial charge < -0.3 is 10.1 Å². The molecule has 0 aliphatic carbocycles. The van der Waals surface area contributed by atoms with Crippen molar-refractivity contribution in [2.24, 2.45) is 7.05 Å². The van der Waals surface area contributed by atoms with Gasteiger partial charge in [-0.25, -0.2) is 14.4 Å². The minimum Gasteiger partial charge on any atom is -0.493 e. The average Bonchev–Trinajstić information content (AvgIpc) is 3.42. The molecule has 0 saturated carbocycles. The number of hydrogen-bond acceptors (Lipinski definition) is 5. The molecule has 1 aliphatic heterocycles. The Kier molecular flexibility index (Phi) is 4.01. The monoisotopic (exact) mass is 392 g/mol. The number of anilines is 1. The number of benzene rings is 1. The molecule has 148 valence electrons. The predicted molar refractivity (Wildman–Crippen MR) is 108 cm³/mol. The number of imidazole rings is 1. The van der Waals surface area contributed by atoms with Crippen molar-refractivity contribution in [2.45, 2.75) is 26.8 Å². The van der Waals surface area contributed by atoms with Crippen molar-refractivity contribution < 1.29 is 9.13 Å². The minimum atomic E-state index is -0.234. The van der Waals surface area contributed by atoms with E-state index in [1.165, 1.54) is 6.07 Å². The number of halogens is 1. The van der Waals surface area contributed by atoms with Gasteiger partial charge in [-0.05, 0) is 26.0 Å². The minimum absolute atomic E-state index is 0.234. The molecule has 0 amide bonds. The van der Waals surface area contributed by atoms with E-state index in [-0.39, 0.29) is 5.82 Å². The Labute approximate surface area is 167 Å². The molecular weight excluding hydrogens is 371 g/mol. The summed E-state index contributed by atoms with van der Waals surface area (Å²) in [5.41, 5.74) is 6.50. The van der Waals surface area contributed by atoms with Gasteiger partial charge in [0.25, 0.3) is 0 Å². The number of nitrogens with one attached hydrogen (secondary N) is 1. The van der Waals surface area contributed by atoms with Gasteiger partial charge in [-0.1, -0.05) is 0 Å². The van der Waals surface area contributed by atoms with Crippen molar-refractivity contribution in [2.75, 3.05) is 11.9 Å². The van der Waals surface area contributed by atoms with E-state index in [0.717, 1.165) is 45.8 Å². The second kappa shape index (κ2) is 6.58. The number of ether oxygens (including phenoxy) is 1. The van der Waals surface area contributed by atoms with Gasteiger partial charge in [0, 0.05) is 54.2 Å². The molecule has 1 aromatic carbocycles. The second-order valence-corrected chi connectivity index (χ2v) is 7.27. The molecular formula is C21H21FN6O. The van der Waals surface area contributed by atoms with Crippen molar-refractivity contribution in [1.82, 2.24) is 24.1 Å². The van der Waals surface area contributed by atoms with E-state index in [1.54, 1.807) is 12.4 Å². The lowest BCUT2D eigenvalue weighted by Crippen LogP contribution is -2.09. The molecule has 4 aromatic rings. The smallest absolute Gasteiger partial charge is 0.208 e. The highest BCUT2D eigenvalue weighted by molar-refractivity contribution is 5.82. The van der Waals surface area contributed by atoms with Crippen LogP contribution in [0.2, 0.25) is 0 Å². The first kappa shape index (κ1) is 17.7. The molecule has 0 atom stereocenters. The molecule has 0 unspecified atom stereocenters. The van der Waals surface area contributed by atoms with Crippen LogP contribution in [-0.4, -0.2) is 30.8 Å². The highest BCUT2D eigenvalue weighted by Crippen LogP contribution is 2.32. The van der Waals surface area contributed by atoms with E-state index < -0.39 is 0 Å². The van der Waals surface area contributed by atoms with Crippen LogP contribution in [0, 0.1) is 19.7 Å². The standard InChI is InChI=1S/C21H21FN6O/c1-12-20(13(2)27(3)26-12)16-9-25-21(28-11-23-10-18(16)28)24-8-15-14-6-7-29-19(14)5-4-17(15)22/h4-5,9-11H,6-8H2,1-3H3,(H,24,25). The van der Waals surface area contributed by atoms with Crippen LogP contribution in [0.1, 0.15) is 22.5 Å². The fraction of sp³-hybridized carbons (Fsp3) is 0.286. The van der Waals surface area contributed by atoms with Crippen molar-refractivity contribution in [3.05, 3.63) is 59.2 Å². The summed E-state index contributed by atoms with van der Waals surface area (Å²) in [5, 5.41) is 7.78. The van der Waals surface area contributed by atoms with Crippen molar-refractivity contribution in [1.29, 1.82) is 0 Å². The lowest BCUT2D eigenvalue weighted by molar-refractivity contribution is 0.356. The van der Waals surface area contributed by atoms with Crippen LogP contribution in [0.3, 0.4) is 0 Å². The quantitative estimate of drug-likeness (QED) is 0.576. The summed E-state index contributed by atoms with van der Waals surface area (Å²) in [6, 6.07) is 3.15. The molecule has 7 nitrogen and oxygen atoms in total. The maximum Gasteiger partial charge on any atom is 0.208 e. The van der Waals surface area contributed by atoms with Gasteiger partial charge in [0.15, 0.2) is 0 Å². The zero-order chi connectivity index (χ0) is 20.1. The van der Waals surface area contributed by atoms with E-state index in [1.807, 2.05) is 42.4 Å². The third-order valence-corrected chi connectivity index (χ3v) is 5.60. The number of aromatic nitrogens is 5. The molecule has 29 heavy (non-hydrogen) atoms. The highest BCUT2D eigenvalue weighted by atomic mass is 19.1. The molecule has 1 N–H and O–H groups in total. The Balaban J connectivity index is 1.52. The van der Waals surface area contributed by atoms with Crippen molar-refractivity contribution >= 4 is 11.5 Å². The van der Waals surface area contributed by atoms with Gasteiger partial charge in [-0.15, -0.1) is 0 Å². The molecule has 5 rings (SSSR count). The molecule has 0 radical (unpaired) electrons. The molecule has 8 heteroatoms. The number of nitrogens with zero attached hydrogens (tertiary/aromatic N) is 5. The number of aryl methyl sites for hydroxylation is 2. The summed E-state index contributed by atoms with van der Waals surface area (Å²) >= 11 is 0.